The van der Waals surface area contributed by atoms with E-state index in [0.29, 0.717) is 22.0 Å². The summed E-state index contributed by atoms with van der Waals surface area (Å²) < 4.78 is 19.0. The molecule has 0 heterocycles. The fourth-order valence-electron chi connectivity index (χ4n) is 1.47. The molecule has 0 radical (unpaired) electrons. The lowest BCUT2D eigenvalue weighted by Gasteiger charge is -2.10. The molecule has 0 saturated carbocycles. The lowest BCUT2D eigenvalue weighted by molar-refractivity contribution is 0.301. The first-order chi connectivity index (χ1) is 8.58. The van der Waals surface area contributed by atoms with Crippen molar-refractivity contribution in [2.24, 2.45) is 0 Å². The van der Waals surface area contributed by atoms with Crippen LogP contribution in [0.1, 0.15) is 5.56 Å². The van der Waals surface area contributed by atoms with Crippen LogP contribution in [0.15, 0.2) is 36.4 Å². The number of anilines is 1. The second kappa shape index (κ2) is 5.46. The Bertz CT molecular complexity index is 575. The van der Waals surface area contributed by atoms with Gasteiger partial charge < -0.3 is 10.5 Å². The number of benzene rings is 2. The zero-order valence-electron chi connectivity index (χ0n) is 9.29. The molecular weight excluding hydrogens is 276 g/mol. The van der Waals surface area contributed by atoms with Crippen molar-refractivity contribution in [3.8, 4) is 5.75 Å². The Labute approximate surface area is 114 Å². The molecule has 0 bridgehead atoms. The molecule has 2 aromatic rings. The highest BCUT2D eigenvalue weighted by Crippen LogP contribution is 2.26. The van der Waals surface area contributed by atoms with Crippen LogP contribution in [0.4, 0.5) is 10.1 Å². The van der Waals surface area contributed by atoms with Crippen molar-refractivity contribution in [1.29, 1.82) is 0 Å². The van der Waals surface area contributed by atoms with E-state index in [4.69, 9.17) is 33.7 Å². The quantitative estimate of drug-likeness (QED) is 0.854. The van der Waals surface area contributed by atoms with Gasteiger partial charge in [0.25, 0.3) is 0 Å². The van der Waals surface area contributed by atoms with Crippen molar-refractivity contribution in [1.82, 2.24) is 0 Å². The molecule has 0 aromatic heterocycles. The average Bonchev–Trinajstić information content (AvgIpc) is 2.33. The number of halogens is 3. The number of rotatable bonds is 3. The van der Waals surface area contributed by atoms with Gasteiger partial charge in [-0.1, -0.05) is 35.3 Å². The van der Waals surface area contributed by atoms with Gasteiger partial charge in [0.15, 0.2) is 0 Å². The Kier molecular flexibility index (Phi) is 3.94. The molecule has 18 heavy (non-hydrogen) atoms. The molecule has 0 aliphatic rings. The first-order valence-corrected chi connectivity index (χ1v) is 5.94. The molecule has 0 atom stereocenters. The van der Waals surface area contributed by atoms with Crippen molar-refractivity contribution < 1.29 is 9.13 Å². The summed E-state index contributed by atoms with van der Waals surface area (Å²) in [5, 5.41) is 0.592. The van der Waals surface area contributed by atoms with Gasteiger partial charge in [0.2, 0.25) is 0 Å². The van der Waals surface area contributed by atoms with Gasteiger partial charge in [0.1, 0.15) is 18.2 Å². The maximum atomic E-state index is 13.6. The highest BCUT2D eigenvalue weighted by Gasteiger charge is 2.08. The third kappa shape index (κ3) is 2.86. The lowest BCUT2D eigenvalue weighted by atomic mass is 10.2. The standard InChI is InChI=1S/C13H10Cl2FNO/c14-9-4-5-12(11(17)6-9)18-7-8-2-1-3-10(15)13(8)16/h1-6H,7,17H2. The highest BCUT2D eigenvalue weighted by atomic mass is 35.5. The monoisotopic (exact) mass is 285 g/mol. The molecule has 0 spiro atoms. The molecule has 0 aliphatic heterocycles. The van der Waals surface area contributed by atoms with Gasteiger partial charge in [-0.3, -0.25) is 0 Å². The average molecular weight is 286 g/mol. The smallest absolute Gasteiger partial charge is 0.148 e. The Morgan fingerprint density at radius 3 is 2.67 bits per heavy atom. The van der Waals surface area contributed by atoms with Crippen LogP contribution in [-0.2, 0) is 6.61 Å². The summed E-state index contributed by atoms with van der Waals surface area (Å²) >= 11 is 11.4. The zero-order chi connectivity index (χ0) is 13.1. The first kappa shape index (κ1) is 13.0. The van der Waals surface area contributed by atoms with Crippen molar-refractivity contribution in [2.75, 3.05) is 5.73 Å². The highest BCUT2D eigenvalue weighted by molar-refractivity contribution is 6.31. The van der Waals surface area contributed by atoms with Gasteiger partial charge in [-0.25, -0.2) is 4.39 Å². The van der Waals surface area contributed by atoms with Crippen LogP contribution in [0.5, 0.6) is 5.75 Å². The van der Waals surface area contributed by atoms with Gasteiger partial charge in [-0.15, -0.1) is 0 Å². The van der Waals surface area contributed by atoms with E-state index in [1.807, 2.05) is 0 Å². The minimum atomic E-state index is -0.480. The fraction of sp³-hybridized carbons (Fsp3) is 0.0769. The van der Waals surface area contributed by atoms with Crippen LogP contribution >= 0.6 is 23.2 Å². The predicted molar refractivity (Wildman–Crippen MR) is 71.6 cm³/mol. The lowest BCUT2D eigenvalue weighted by Crippen LogP contribution is -2.01. The van der Waals surface area contributed by atoms with Gasteiger partial charge >= 0.3 is 0 Å². The molecular formula is C13H10Cl2FNO. The molecule has 2 aromatic carbocycles. The van der Waals surface area contributed by atoms with Crippen LogP contribution in [0.2, 0.25) is 10.0 Å². The number of nitrogens with two attached hydrogens (primary N) is 1. The number of hydrogen-bond acceptors (Lipinski definition) is 2. The van der Waals surface area contributed by atoms with Gasteiger partial charge in [-0.2, -0.15) is 0 Å². The summed E-state index contributed by atoms with van der Waals surface area (Å²) in [6.45, 7) is 0.0538. The van der Waals surface area contributed by atoms with E-state index in [0.717, 1.165) is 0 Å². The second-order valence-electron chi connectivity index (χ2n) is 3.68. The molecule has 0 amide bonds. The maximum Gasteiger partial charge on any atom is 0.148 e. The number of hydrogen-bond donors (Lipinski definition) is 1. The van der Waals surface area contributed by atoms with Crippen molar-refractivity contribution in [2.45, 2.75) is 6.61 Å². The first-order valence-electron chi connectivity index (χ1n) is 5.18. The summed E-state index contributed by atoms with van der Waals surface area (Å²) in [4.78, 5) is 0. The van der Waals surface area contributed by atoms with Gasteiger partial charge in [0.05, 0.1) is 10.7 Å². The van der Waals surface area contributed by atoms with E-state index >= 15 is 0 Å². The molecule has 5 heteroatoms. The molecule has 2 rings (SSSR count). The van der Waals surface area contributed by atoms with E-state index in [-0.39, 0.29) is 11.6 Å². The van der Waals surface area contributed by atoms with E-state index in [1.165, 1.54) is 6.07 Å². The molecule has 0 aliphatic carbocycles. The van der Waals surface area contributed by atoms with E-state index in [1.54, 1.807) is 30.3 Å². The van der Waals surface area contributed by atoms with Crippen molar-refractivity contribution in [3.05, 3.63) is 57.8 Å². The largest absolute Gasteiger partial charge is 0.487 e. The van der Waals surface area contributed by atoms with Crippen LogP contribution in [0.3, 0.4) is 0 Å². The third-order valence-electron chi connectivity index (χ3n) is 2.39. The summed E-state index contributed by atoms with van der Waals surface area (Å²) in [6, 6.07) is 9.62. The summed E-state index contributed by atoms with van der Waals surface area (Å²) in [7, 11) is 0. The van der Waals surface area contributed by atoms with Gasteiger partial charge in [-0.05, 0) is 24.3 Å². The summed E-state index contributed by atoms with van der Waals surface area (Å²) in [6.07, 6.45) is 0. The third-order valence-corrected chi connectivity index (χ3v) is 2.91. The predicted octanol–water partition coefficient (Wildman–Crippen LogP) is 4.29. The van der Waals surface area contributed by atoms with Crippen LogP contribution in [0.25, 0.3) is 0 Å². The number of nitrogen functional groups attached to an aromatic ring is 1. The Morgan fingerprint density at radius 1 is 1.17 bits per heavy atom. The second-order valence-corrected chi connectivity index (χ2v) is 4.53. The van der Waals surface area contributed by atoms with E-state index in [2.05, 4.69) is 0 Å². The van der Waals surface area contributed by atoms with Crippen LogP contribution < -0.4 is 10.5 Å². The molecule has 2 N–H and O–H groups in total. The molecule has 2 nitrogen and oxygen atoms in total. The molecule has 0 saturated heterocycles. The topological polar surface area (TPSA) is 35.2 Å². The minimum Gasteiger partial charge on any atom is -0.487 e. The van der Waals surface area contributed by atoms with Gasteiger partial charge in [0, 0.05) is 10.6 Å². The fourth-order valence-corrected chi connectivity index (χ4v) is 1.84. The SMILES string of the molecule is Nc1cc(Cl)ccc1OCc1cccc(Cl)c1F. The number of ether oxygens (including phenoxy) is 1. The minimum absolute atomic E-state index is 0.0538. The van der Waals surface area contributed by atoms with Crippen molar-refractivity contribution >= 4 is 28.9 Å². The van der Waals surface area contributed by atoms with Crippen molar-refractivity contribution in [3.63, 3.8) is 0 Å². The Balaban J connectivity index is 2.14. The molecule has 0 unspecified atom stereocenters. The van der Waals surface area contributed by atoms with Crippen LogP contribution in [0, 0.1) is 5.82 Å². The zero-order valence-corrected chi connectivity index (χ0v) is 10.8. The summed E-state index contributed by atoms with van der Waals surface area (Å²) in [5.41, 5.74) is 6.50. The van der Waals surface area contributed by atoms with E-state index in [9.17, 15) is 4.39 Å². The molecule has 0 fully saturated rings. The van der Waals surface area contributed by atoms with E-state index < -0.39 is 5.82 Å². The summed E-state index contributed by atoms with van der Waals surface area (Å²) in [5.74, 6) is -0.0227. The Hall–Kier alpha value is -1.45. The maximum absolute atomic E-state index is 13.6. The Morgan fingerprint density at radius 2 is 1.94 bits per heavy atom. The normalized spacial score (nSPS) is 10.4. The molecule has 94 valence electrons. The van der Waals surface area contributed by atoms with Crippen LogP contribution in [-0.4, -0.2) is 0 Å².